The summed E-state index contributed by atoms with van der Waals surface area (Å²) in [7, 11) is 0. The molecule has 0 amide bonds. The number of hydrogen-bond acceptors (Lipinski definition) is 4. The van der Waals surface area contributed by atoms with Crippen molar-refractivity contribution in [3.8, 4) is 5.75 Å². The first-order valence-corrected chi connectivity index (χ1v) is 6.29. The quantitative estimate of drug-likeness (QED) is 0.773. The lowest BCUT2D eigenvalue weighted by Gasteiger charge is -2.07. The monoisotopic (exact) mass is 258 g/mol. The first kappa shape index (κ1) is 13.5. The number of pyridine rings is 1. The first-order valence-electron chi connectivity index (χ1n) is 6.29. The molecule has 100 valence electrons. The van der Waals surface area contributed by atoms with Crippen molar-refractivity contribution in [2.45, 2.75) is 13.2 Å². The number of benzene rings is 1. The Morgan fingerprint density at radius 3 is 2.47 bits per heavy atom. The number of rotatable bonds is 7. The van der Waals surface area contributed by atoms with Gasteiger partial charge in [0.2, 0.25) is 0 Å². The molecule has 0 bridgehead atoms. The summed E-state index contributed by atoms with van der Waals surface area (Å²) >= 11 is 0. The van der Waals surface area contributed by atoms with Crippen molar-refractivity contribution in [2.24, 2.45) is 5.73 Å². The van der Waals surface area contributed by atoms with E-state index in [1.54, 1.807) is 0 Å². The second-order valence-electron chi connectivity index (χ2n) is 4.04. The predicted octanol–water partition coefficient (Wildman–Crippen LogP) is 2.14. The van der Waals surface area contributed by atoms with E-state index in [0.717, 1.165) is 17.1 Å². The van der Waals surface area contributed by atoms with E-state index in [-0.39, 0.29) is 0 Å². The van der Waals surface area contributed by atoms with Crippen LogP contribution in [0.4, 0.5) is 0 Å². The molecule has 2 N–H and O–H groups in total. The number of hydrogen-bond donors (Lipinski definition) is 1. The highest BCUT2D eigenvalue weighted by Gasteiger charge is 1.97. The maximum Gasteiger partial charge on any atom is 0.119 e. The zero-order chi connectivity index (χ0) is 13.3. The van der Waals surface area contributed by atoms with Gasteiger partial charge >= 0.3 is 0 Å². The van der Waals surface area contributed by atoms with Gasteiger partial charge in [-0.1, -0.05) is 24.3 Å². The van der Waals surface area contributed by atoms with Gasteiger partial charge in [0.1, 0.15) is 12.4 Å². The van der Waals surface area contributed by atoms with Gasteiger partial charge in [0.25, 0.3) is 0 Å². The standard InChI is InChI=1S/C15H18N2O2/c16-11-13-5-4-6-14(17-13)12-18-9-10-19-15-7-2-1-3-8-15/h1-8H,9-12,16H2. The number of para-hydroxylation sites is 1. The summed E-state index contributed by atoms with van der Waals surface area (Å²) in [6.07, 6.45) is 0. The van der Waals surface area contributed by atoms with Gasteiger partial charge in [-0.05, 0) is 24.3 Å². The van der Waals surface area contributed by atoms with Crippen LogP contribution in [0.15, 0.2) is 48.5 Å². The summed E-state index contributed by atoms with van der Waals surface area (Å²) in [5.41, 5.74) is 7.30. The first-order chi connectivity index (χ1) is 9.38. The largest absolute Gasteiger partial charge is 0.491 e. The topological polar surface area (TPSA) is 57.4 Å². The predicted molar refractivity (Wildman–Crippen MR) is 73.7 cm³/mol. The molecule has 1 aromatic heterocycles. The number of ether oxygens (including phenoxy) is 2. The summed E-state index contributed by atoms with van der Waals surface area (Å²) in [5.74, 6) is 0.856. The summed E-state index contributed by atoms with van der Waals surface area (Å²) in [6.45, 7) is 1.99. The zero-order valence-electron chi connectivity index (χ0n) is 10.8. The van der Waals surface area contributed by atoms with Crippen LogP contribution in [0.5, 0.6) is 5.75 Å². The highest BCUT2D eigenvalue weighted by atomic mass is 16.5. The van der Waals surface area contributed by atoms with Crippen molar-refractivity contribution in [3.05, 3.63) is 59.9 Å². The van der Waals surface area contributed by atoms with Gasteiger partial charge in [0, 0.05) is 6.54 Å². The van der Waals surface area contributed by atoms with Gasteiger partial charge in [0.15, 0.2) is 0 Å². The molecular formula is C15H18N2O2. The molecule has 19 heavy (non-hydrogen) atoms. The molecule has 0 aliphatic rings. The smallest absolute Gasteiger partial charge is 0.119 e. The molecule has 0 fully saturated rings. The van der Waals surface area contributed by atoms with Crippen LogP contribution in [0.3, 0.4) is 0 Å². The molecule has 0 spiro atoms. The van der Waals surface area contributed by atoms with Gasteiger partial charge < -0.3 is 15.2 Å². The maximum atomic E-state index is 5.54. The molecule has 0 aliphatic carbocycles. The highest BCUT2D eigenvalue weighted by Crippen LogP contribution is 2.07. The van der Waals surface area contributed by atoms with Crippen molar-refractivity contribution < 1.29 is 9.47 Å². The van der Waals surface area contributed by atoms with Crippen molar-refractivity contribution in [2.75, 3.05) is 13.2 Å². The molecule has 1 aromatic carbocycles. The normalized spacial score (nSPS) is 10.4. The van der Waals surface area contributed by atoms with E-state index < -0.39 is 0 Å². The third-order valence-electron chi connectivity index (χ3n) is 2.56. The minimum atomic E-state index is 0.449. The van der Waals surface area contributed by atoms with Crippen molar-refractivity contribution >= 4 is 0 Å². The van der Waals surface area contributed by atoms with Gasteiger partial charge in [0.05, 0.1) is 24.6 Å². The Hall–Kier alpha value is -1.91. The fraction of sp³-hybridized carbons (Fsp3) is 0.267. The summed E-state index contributed by atoms with van der Waals surface area (Å²) in [5, 5.41) is 0. The molecule has 2 rings (SSSR count). The third-order valence-corrected chi connectivity index (χ3v) is 2.56. The molecule has 4 heteroatoms. The van der Waals surface area contributed by atoms with E-state index in [2.05, 4.69) is 4.98 Å². The Balaban J connectivity index is 1.66. The molecule has 1 heterocycles. The lowest BCUT2D eigenvalue weighted by molar-refractivity contribution is 0.0869. The van der Waals surface area contributed by atoms with Crippen molar-refractivity contribution in [3.63, 3.8) is 0 Å². The average molecular weight is 258 g/mol. The van der Waals surface area contributed by atoms with E-state index in [4.69, 9.17) is 15.2 Å². The third kappa shape index (κ3) is 4.69. The van der Waals surface area contributed by atoms with E-state index >= 15 is 0 Å². The van der Waals surface area contributed by atoms with Crippen LogP contribution < -0.4 is 10.5 Å². The van der Waals surface area contributed by atoms with E-state index in [9.17, 15) is 0 Å². The van der Waals surface area contributed by atoms with Crippen molar-refractivity contribution in [1.29, 1.82) is 0 Å². The minimum Gasteiger partial charge on any atom is -0.491 e. The van der Waals surface area contributed by atoms with Gasteiger partial charge in [-0.25, -0.2) is 0 Å². The van der Waals surface area contributed by atoms with E-state index in [1.165, 1.54) is 0 Å². The van der Waals surface area contributed by atoms with E-state index in [1.807, 2.05) is 48.5 Å². The van der Waals surface area contributed by atoms with Gasteiger partial charge in [-0.2, -0.15) is 0 Å². The molecular weight excluding hydrogens is 240 g/mol. The van der Waals surface area contributed by atoms with Crippen LogP contribution in [-0.4, -0.2) is 18.2 Å². The van der Waals surface area contributed by atoms with Crippen molar-refractivity contribution in [1.82, 2.24) is 4.98 Å². The van der Waals surface area contributed by atoms with Gasteiger partial charge in [-0.15, -0.1) is 0 Å². The lowest BCUT2D eigenvalue weighted by atomic mass is 10.3. The summed E-state index contributed by atoms with van der Waals surface area (Å²) in [6, 6.07) is 15.5. The van der Waals surface area contributed by atoms with Crippen LogP contribution in [0, 0.1) is 0 Å². The highest BCUT2D eigenvalue weighted by molar-refractivity contribution is 5.20. The Bertz CT molecular complexity index is 489. The molecule has 0 atom stereocenters. The SMILES string of the molecule is NCc1cccc(COCCOc2ccccc2)n1. The number of aromatic nitrogens is 1. The second-order valence-corrected chi connectivity index (χ2v) is 4.04. The zero-order valence-corrected chi connectivity index (χ0v) is 10.8. The summed E-state index contributed by atoms with van der Waals surface area (Å²) in [4.78, 5) is 4.36. The fourth-order valence-corrected chi connectivity index (χ4v) is 1.64. The summed E-state index contributed by atoms with van der Waals surface area (Å²) < 4.78 is 11.0. The number of nitrogens with zero attached hydrogens (tertiary/aromatic N) is 1. The Labute approximate surface area is 113 Å². The Morgan fingerprint density at radius 1 is 0.895 bits per heavy atom. The number of nitrogens with two attached hydrogens (primary N) is 1. The molecule has 2 aromatic rings. The minimum absolute atomic E-state index is 0.449. The molecule has 0 radical (unpaired) electrons. The lowest BCUT2D eigenvalue weighted by Crippen LogP contribution is -2.08. The molecule has 0 saturated heterocycles. The molecule has 0 saturated carbocycles. The molecule has 0 unspecified atom stereocenters. The second kappa shape index (κ2) is 7.51. The van der Waals surface area contributed by atoms with Crippen LogP contribution in [0.1, 0.15) is 11.4 Å². The van der Waals surface area contributed by atoms with Crippen LogP contribution in [-0.2, 0) is 17.9 Å². The van der Waals surface area contributed by atoms with Crippen LogP contribution >= 0.6 is 0 Å². The van der Waals surface area contributed by atoms with Crippen LogP contribution in [0.25, 0.3) is 0 Å². The maximum absolute atomic E-state index is 5.54. The Kier molecular flexibility index (Phi) is 5.34. The average Bonchev–Trinajstić information content (AvgIpc) is 2.48. The van der Waals surface area contributed by atoms with Gasteiger partial charge in [-0.3, -0.25) is 4.98 Å². The van der Waals surface area contributed by atoms with E-state index in [0.29, 0.717) is 26.4 Å². The Morgan fingerprint density at radius 2 is 1.68 bits per heavy atom. The molecule has 0 aliphatic heterocycles. The molecule has 4 nitrogen and oxygen atoms in total. The fourth-order valence-electron chi connectivity index (χ4n) is 1.64. The van der Waals surface area contributed by atoms with Crippen LogP contribution in [0.2, 0.25) is 0 Å².